The van der Waals surface area contributed by atoms with Gasteiger partial charge in [-0.1, -0.05) is 60.7 Å². The second-order valence-electron chi connectivity index (χ2n) is 9.44. The van der Waals surface area contributed by atoms with Crippen LogP contribution in [0.2, 0.25) is 0 Å². The van der Waals surface area contributed by atoms with E-state index in [1.165, 1.54) is 5.56 Å². The van der Waals surface area contributed by atoms with Crippen LogP contribution in [0, 0.1) is 5.92 Å². The van der Waals surface area contributed by atoms with Gasteiger partial charge in [0.2, 0.25) is 11.8 Å². The molecule has 2 aliphatic rings. The number of carboxylic acids is 1. The van der Waals surface area contributed by atoms with Crippen molar-refractivity contribution in [1.82, 2.24) is 4.90 Å². The molecule has 4 rings (SSSR count). The molecule has 7 nitrogen and oxygen atoms in total. The number of likely N-dealkylation sites (tertiary alicyclic amines) is 1. The molecule has 1 aliphatic carbocycles. The second-order valence-corrected chi connectivity index (χ2v) is 9.44. The SMILES string of the molecule is NC(=O)c1ccc(C2(OC[C@@H]3C[C@@H](CC(=O)O)C(=O)N3CCCc3ccccc3)C=CC=CC2)cc1. The van der Waals surface area contributed by atoms with E-state index in [0.717, 1.165) is 18.4 Å². The van der Waals surface area contributed by atoms with Gasteiger partial charge < -0.3 is 20.5 Å². The van der Waals surface area contributed by atoms with Crippen LogP contribution in [0.1, 0.15) is 47.2 Å². The van der Waals surface area contributed by atoms with E-state index in [1.807, 2.05) is 59.5 Å². The molecule has 1 heterocycles. The van der Waals surface area contributed by atoms with Crippen molar-refractivity contribution in [2.75, 3.05) is 13.2 Å². The summed E-state index contributed by atoms with van der Waals surface area (Å²) in [7, 11) is 0. The third kappa shape index (κ3) is 5.91. The molecule has 2 amide bonds. The Morgan fingerprint density at radius 3 is 2.47 bits per heavy atom. The molecule has 7 heteroatoms. The largest absolute Gasteiger partial charge is 0.481 e. The maximum Gasteiger partial charge on any atom is 0.304 e. The van der Waals surface area contributed by atoms with Crippen LogP contribution in [-0.4, -0.2) is 47.0 Å². The highest BCUT2D eigenvalue weighted by Crippen LogP contribution is 2.36. The lowest BCUT2D eigenvalue weighted by Gasteiger charge is -2.35. The number of nitrogens with two attached hydrogens (primary N) is 1. The monoisotopic (exact) mass is 488 g/mol. The van der Waals surface area contributed by atoms with Crippen LogP contribution in [0.15, 0.2) is 78.9 Å². The number of allylic oxidation sites excluding steroid dienone is 2. The summed E-state index contributed by atoms with van der Waals surface area (Å²) in [5.41, 5.74) is 7.17. The summed E-state index contributed by atoms with van der Waals surface area (Å²) in [6, 6.07) is 16.9. The Morgan fingerprint density at radius 1 is 1.08 bits per heavy atom. The summed E-state index contributed by atoms with van der Waals surface area (Å²) in [4.78, 5) is 37.8. The third-order valence-electron chi connectivity index (χ3n) is 6.98. The van der Waals surface area contributed by atoms with Gasteiger partial charge in [-0.05, 0) is 48.6 Å². The zero-order chi connectivity index (χ0) is 25.5. The Morgan fingerprint density at radius 2 is 1.83 bits per heavy atom. The number of nitrogens with zero attached hydrogens (tertiary/aromatic N) is 1. The van der Waals surface area contributed by atoms with Gasteiger partial charge in [0.1, 0.15) is 5.60 Å². The third-order valence-corrected chi connectivity index (χ3v) is 6.98. The summed E-state index contributed by atoms with van der Waals surface area (Å²) in [6.45, 7) is 0.830. The van der Waals surface area contributed by atoms with Gasteiger partial charge in [-0.25, -0.2) is 0 Å². The minimum Gasteiger partial charge on any atom is -0.481 e. The summed E-state index contributed by atoms with van der Waals surface area (Å²) in [5, 5.41) is 9.32. The predicted octanol–water partition coefficient (Wildman–Crippen LogP) is 3.84. The standard InChI is InChI=1S/C29H32N2O5/c30-27(34)22-11-13-24(14-12-22)29(15-5-2-6-16-29)36-20-25-18-23(19-26(32)33)28(35)31(25)17-7-10-21-8-3-1-4-9-21/h1-6,8-9,11-15,23,25H,7,10,16-20H2,(H2,30,34)(H,32,33)/t23-,25-,29?/m0/s1. The Labute approximate surface area is 211 Å². The van der Waals surface area contributed by atoms with Crippen LogP contribution in [0.3, 0.4) is 0 Å². The second kappa shape index (κ2) is 11.4. The zero-order valence-electron chi connectivity index (χ0n) is 20.2. The van der Waals surface area contributed by atoms with Gasteiger partial charge in [0.25, 0.3) is 0 Å². The lowest BCUT2D eigenvalue weighted by molar-refractivity contribution is -0.142. The van der Waals surface area contributed by atoms with Crippen LogP contribution >= 0.6 is 0 Å². The number of hydrogen-bond donors (Lipinski definition) is 2. The van der Waals surface area contributed by atoms with Gasteiger partial charge in [-0.3, -0.25) is 14.4 Å². The number of benzene rings is 2. The van der Waals surface area contributed by atoms with Gasteiger partial charge in [-0.15, -0.1) is 0 Å². The average molecular weight is 489 g/mol. The number of carbonyl (C=O) groups is 3. The van der Waals surface area contributed by atoms with E-state index < -0.39 is 23.4 Å². The van der Waals surface area contributed by atoms with Gasteiger partial charge in [0.05, 0.1) is 25.0 Å². The van der Waals surface area contributed by atoms with Crippen LogP contribution in [0.4, 0.5) is 0 Å². The number of amides is 2. The van der Waals surface area contributed by atoms with E-state index in [0.29, 0.717) is 24.9 Å². The summed E-state index contributed by atoms with van der Waals surface area (Å²) in [6.07, 6.45) is 10.4. The fraction of sp³-hybridized carbons (Fsp3) is 0.345. The van der Waals surface area contributed by atoms with Crippen molar-refractivity contribution in [3.05, 3.63) is 95.6 Å². The van der Waals surface area contributed by atoms with E-state index in [1.54, 1.807) is 12.1 Å². The van der Waals surface area contributed by atoms with Crippen LogP contribution in [0.5, 0.6) is 0 Å². The lowest BCUT2D eigenvalue weighted by atomic mass is 9.86. The first-order chi connectivity index (χ1) is 17.4. The first kappa shape index (κ1) is 25.4. The molecule has 3 N–H and O–H groups in total. The number of primary amides is 1. The molecule has 1 saturated heterocycles. The molecule has 3 atom stereocenters. The maximum atomic E-state index is 13.1. The fourth-order valence-corrected chi connectivity index (χ4v) is 5.07. The Bertz CT molecular complexity index is 1140. The molecule has 0 aromatic heterocycles. The number of rotatable bonds is 11. The molecule has 1 aliphatic heterocycles. The number of hydrogen-bond acceptors (Lipinski definition) is 4. The number of ether oxygens (including phenoxy) is 1. The summed E-state index contributed by atoms with van der Waals surface area (Å²) < 4.78 is 6.54. The lowest BCUT2D eigenvalue weighted by Crippen LogP contribution is -2.40. The smallest absolute Gasteiger partial charge is 0.304 e. The highest BCUT2D eigenvalue weighted by molar-refractivity contribution is 5.92. The van der Waals surface area contributed by atoms with Crippen LogP contribution in [0.25, 0.3) is 0 Å². The molecule has 0 radical (unpaired) electrons. The minimum atomic E-state index is -0.967. The van der Waals surface area contributed by atoms with Crippen molar-refractivity contribution < 1.29 is 24.2 Å². The quantitative estimate of drug-likeness (QED) is 0.499. The summed E-state index contributed by atoms with van der Waals surface area (Å²) >= 11 is 0. The first-order valence-corrected chi connectivity index (χ1v) is 12.3. The Kier molecular flexibility index (Phi) is 8.00. The summed E-state index contributed by atoms with van der Waals surface area (Å²) in [5.74, 6) is -2.11. The molecule has 1 fully saturated rings. The molecule has 2 aromatic carbocycles. The fourth-order valence-electron chi connectivity index (χ4n) is 5.07. The Hall–Kier alpha value is -3.71. The number of aliphatic carboxylic acids is 1. The van der Waals surface area contributed by atoms with Crippen LogP contribution < -0.4 is 5.73 Å². The normalized spacial score (nSPS) is 23.2. The first-order valence-electron chi connectivity index (χ1n) is 12.3. The minimum absolute atomic E-state index is 0.113. The molecule has 0 bridgehead atoms. The van der Waals surface area contributed by atoms with E-state index in [9.17, 15) is 19.5 Å². The molecule has 36 heavy (non-hydrogen) atoms. The molecule has 1 unspecified atom stereocenters. The van der Waals surface area contributed by atoms with Gasteiger partial charge in [0.15, 0.2) is 0 Å². The van der Waals surface area contributed by atoms with Gasteiger partial charge in [0, 0.05) is 18.5 Å². The van der Waals surface area contributed by atoms with E-state index >= 15 is 0 Å². The highest BCUT2D eigenvalue weighted by atomic mass is 16.5. The van der Waals surface area contributed by atoms with Crippen molar-refractivity contribution in [1.29, 1.82) is 0 Å². The zero-order valence-corrected chi connectivity index (χ0v) is 20.2. The number of carboxylic acid groups (broad SMARTS) is 1. The topological polar surface area (TPSA) is 110 Å². The van der Waals surface area contributed by atoms with Crippen molar-refractivity contribution in [2.24, 2.45) is 11.7 Å². The predicted molar refractivity (Wildman–Crippen MR) is 136 cm³/mol. The molecule has 0 spiro atoms. The van der Waals surface area contributed by atoms with Crippen molar-refractivity contribution >= 4 is 17.8 Å². The average Bonchev–Trinajstić information content (AvgIpc) is 3.17. The molecular weight excluding hydrogens is 456 g/mol. The van der Waals surface area contributed by atoms with Crippen molar-refractivity contribution in [2.45, 2.75) is 43.7 Å². The molecule has 0 saturated carbocycles. The number of aryl methyl sites for hydroxylation is 1. The highest BCUT2D eigenvalue weighted by Gasteiger charge is 2.42. The van der Waals surface area contributed by atoms with E-state index in [-0.39, 0.29) is 25.0 Å². The molecule has 188 valence electrons. The molecular formula is C29H32N2O5. The van der Waals surface area contributed by atoms with Gasteiger partial charge in [-0.2, -0.15) is 0 Å². The molecule has 2 aromatic rings. The van der Waals surface area contributed by atoms with E-state index in [4.69, 9.17) is 10.5 Å². The van der Waals surface area contributed by atoms with E-state index in [2.05, 4.69) is 12.1 Å². The maximum absolute atomic E-state index is 13.1. The van der Waals surface area contributed by atoms with Crippen molar-refractivity contribution in [3.63, 3.8) is 0 Å². The number of carbonyl (C=O) groups excluding carboxylic acids is 2. The Balaban J connectivity index is 1.49. The van der Waals surface area contributed by atoms with Crippen molar-refractivity contribution in [3.8, 4) is 0 Å². The van der Waals surface area contributed by atoms with Crippen LogP contribution in [-0.2, 0) is 26.3 Å². The van der Waals surface area contributed by atoms with Gasteiger partial charge >= 0.3 is 5.97 Å².